The molecule has 1 aromatic carbocycles. The summed E-state index contributed by atoms with van der Waals surface area (Å²) in [6, 6.07) is 5.81. The SMILES string of the molecule is CCCOc1cncc(C(=O)c2cc(F)ccc2C)c1. The average molecular weight is 273 g/mol. The van der Waals surface area contributed by atoms with Crippen molar-refractivity contribution >= 4 is 5.78 Å². The Kier molecular flexibility index (Phi) is 4.45. The Morgan fingerprint density at radius 1 is 1.30 bits per heavy atom. The number of aromatic nitrogens is 1. The molecule has 20 heavy (non-hydrogen) atoms. The standard InChI is InChI=1S/C16H16FNO2/c1-3-6-20-14-7-12(9-18-10-14)16(19)15-8-13(17)5-4-11(15)2/h4-5,7-10H,3,6H2,1-2H3. The van der Waals surface area contributed by atoms with E-state index in [9.17, 15) is 9.18 Å². The molecular weight excluding hydrogens is 257 g/mol. The van der Waals surface area contributed by atoms with E-state index in [1.54, 1.807) is 25.3 Å². The number of ether oxygens (including phenoxy) is 1. The predicted octanol–water partition coefficient (Wildman–Crippen LogP) is 3.55. The highest BCUT2D eigenvalue weighted by atomic mass is 19.1. The monoisotopic (exact) mass is 273 g/mol. The second-order valence-electron chi connectivity index (χ2n) is 4.55. The molecule has 4 heteroatoms. The molecule has 3 nitrogen and oxygen atoms in total. The third-order valence-corrected chi connectivity index (χ3v) is 2.89. The number of benzene rings is 1. The van der Waals surface area contributed by atoms with Crippen molar-refractivity contribution in [2.45, 2.75) is 20.3 Å². The maximum atomic E-state index is 13.3. The summed E-state index contributed by atoms with van der Waals surface area (Å²) >= 11 is 0. The molecule has 0 saturated heterocycles. The molecule has 0 bridgehead atoms. The van der Waals surface area contributed by atoms with Gasteiger partial charge in [0.15, 0.2) is 5.78 Å². The summed E-state index contributed by atoms with van der Waals surface area (Å²) in [4.78, 5) is 16.4. The topological polar surface area (TPSA) is 39.2 Å². The highest BCUT2D eigenvalue weighted by molar-refractivity contribution is 6.09. The van der Waals surface area contributed by atoms with E-state index < -0.39 is 5.82 Å². The van der Waals surface area contributed by atoms with Crippen LogP contribution in [-0.2, 0) is 0 Å². The first kappa shape index (κ1) is 14.2. The Balaban J connectivity index is 2.31. The number of carbonyl (C=O) groups excluding carboxylic acids is 1. The number of rotatable bonds is 5. The fourth-order valence-electron chi connectivity index (χ4n) is 1.84. The summed E-state index contributed by atoms with van der Waals surface area (Å²) in [6.45, 7) is 4.34. The smallest absolute Gasteiger partial charge is 0.195 e. The third kappa shape index (κ3) is 3.20. The Morgan fingerprint density at radius 2 is 2.10 bits per heavy atom. The molecular formula is C16H16FNO2. The van der Waals surface area contributed by atoms with E-state index >= 15 is 0 Å². The van der Waals surface area contributed by atoms with Crippen LogP contribution in [0.15, 0.2) is 36.7 Å². The molecule has 2 aromatic rings. The largest absolute Gasteiger partial charge is 0.492 e. The van der Waals surface area contributed by atoms with Crippen molar-refractivity contribution in [1.29, 1.82) is 0 Å². The van der Waals surface area contributed by atoms with E-state index in [0.29, 0.717) is 23.5 Å². The van der Waals surface area contributed by atoms with Crippen LogP contribution < -0.4 is 4.74 Å². The zero-order valence-electron chi connectivity index (χ0n) is 11.5. The summed E-state index contributed by atoms with van der Waals surface area (Å²) < 4.78 is 18.7. The van der Waals surface area contributed by atoms with E-state index in [4.69, 9.17) is 4.74 Å². The number of halogens is 1. The van der Waals surface area contributed by atoms with Gasteiger partial charge in [0.25, 0.3) is 0 Å². The van der Waals surface area contributed by atoms with Crippen LogP contribution >= 0.6 is 0 Å². The number of aryl methyl sites for hydroxylation is 1. The molecule has 0 aliphatic heterocycles. The minimum absolute atomic E-state index is 0.253. The lowest BCUT2D eigenvalue weighted by Crippen LogP contribution is -2.06. The van der Waals surface area contributed by atoms with Crippen molar-refractivity contribution < 1.29 is 13.9 Å². The molecule has 0 fully saturated rings. The molecule has 0 aliphatic carbocycles. The molecule has 0 unspecified atom stereocenters. The first-order valence-electron chi connectivity index (χ1n) is 6.50. The molecule has 0 N–H and O–H groups in total. The zero-order chi connectivity index (χ0) is 14.5. The van der Waals surface area contributed by atoms with E-state index in [1.807, 2.05) is 6.92 Å². The summed E-state index contributed by atoms with van der Waals surface area (Å²) in [5, 5.41) is 0. The minimum atomic E-state index is -0.426. The lowest BCUT2D eigenvalue weighted by atomic mass is 10.00. The minimum Gasteiger partial charge on any atom is -0.492 e. The van der Waals surface area contributed by atoms with Gasteiger partial charge in [-0.1, -0.05) is 13.0 Å². The Hall–Kier alpha value is -2.23. The summed E-state index contributed by atoms with van der Waals surface area (Å²) in [5.74, 6) is -0.131. The molecule has 0 aliphatic rings. The molecule has 2 rings (SSSR count). The van der Waals surface area contributed by atoms with Crippen molar-refractivity contribution in [3.63, 3.8) is 0 Å². The number of nitrogens with zero attached hydrogens (tertiary/aromatic N) is 1. The van der Waals surface area contributed by atoms with Crippen molar-refractivity contribution in [1.82, 2.24) is 4.98 Å². The quantitative estimate of drug-likeness (QED) is 0.782. The van der Waals surface area contributed by atoms with Crippen molar-refractivity contribution in [2.75, 3.05) is 6.61 Å². The molecule has 1 heterocycles. The van der Waals surface area contributed by atoms with Crippen molar-refractivity contribution in [3.05, 3.63) is 59.2 Å². The van der Waals surface area contributed by atoms with Gasteiger partial charge in [0.1, 0.15) is 11.6 Å². The summed E-state index contributed by atoms with van der Waals surface area (Å²) in [6.07, 6.45) is 3.90. The third-order valence-electron chi connectivity index (χ3n) is 2.89. The number of hydrogen-bond donors (Lipinski definition) is 0. The average Bonchev–Trinajstić information content (AvgIpc) is 2.47. The molecule has 0 radical (unpaired) electrons. The van der Waals surface area contributed by atoms with Crippen LogP contribution in [0.2, 0.25) is 0 Å². The van der Waals surface area contributed by atoms with Gasteiger partial charge < -0.3 is 4.74 Å². The van der Waals surface area contributed by atoms with Gasteiger partial charge in [-0.25, -0.2) is 4.39 Å². The summed E-state index contributed by atoms with van der Waals surface area (Å²) in [7, 11) is 0. The highest BCUT2D eigenvalue weighted by Crippen LogP contribution is 2.18. The van der Waals surface area contributed by atoms with Gasteiger partial charge in [0.2, 0.25) is 0 Å². The second kappa shape index (κ2) is 6.28. The van der Waals surface area contributed by atoms with Crippen LogP contribution in [0.1, 0.15) is 34.8 Å². The van der Waals surface area contributed by atoms with Gasteiger partial charge in [0, 0.05) is 17.3 Å². The van der Waals surface area contributed by atoms with Gasteiger partial charge in [-0.3, -0.25) is 9.78 Å². The fraction of sp³-hybridized carbons (Fsp3) is 0.250. The molecule has 0 spiro atoms. The normalized spacial score (nSPS) is 10.3. The van der Waals surface area contributed by atoms with Crippen LogP contribution in [0.4, 0.5) is 4.39 Å². The number of pyridine rings is 1. The highest BCUT2D eigenvalue weighted by Gasteiger charge is 2.14. The number of ketones is 1. The van der Waals surface area contributed by atoms with Crippen LogP contribution in [0.5, 0.6) is 5.75 Å². The maximum Gasteiger partial charge on any atom is 0.195 e. The Morgan fingerprint density at radius 3 is 2.85 bits per heavy atom. The Labute approximate surface area is 117 Å². The van der Waals surface area contributed by atoms with E-state index in [1.165, 1.54) is 18.3 Å². The van der Waals surface area contributed by atoms with Gasteiger partial charge in [-0.2, -0.15) is 0 Å². The lowest BCUT2D eigenvalue weighted by molar-refractivity contribution is 0.103. The second-order valence-corrected chi connectivity index (χ2v) is 4.55. The maximum absolute atomic E-state index is 13.3. The molecule has 0 saturated carbocycles. The van der Waals surface area contributed by atoms with Gasteiger partial charge in [-0.15, -0.1) is 0 Å². The molecule has 1 aromatic heterocycles. The van der Waals surface area contributed by atoms with Crippen LogP contribution in [-0.4, -0.2) is 17.4 Å². The fourth-order valence-corrected chi connectivity index (χ4v) is 1.84. The molecule has 0 atom stereocenters. The summed E-state index contributed by atoms with van der Waals surface area (Å²) in [5.41, 5.74) is 1.48. The first-order chi connectivity index (χ1) is 9.61. The molecule has 0 amide bonds. The van der Waals surface area contributed by atoms with E-state index in [-0.39, 0.29) is 5.78 Å². The van der Waals surface area contributed by atoms with Crippen molar-refractivity contribution in [3.8, 4) is 5.75 Å². The Bertz CT molecular complexity index is 626. The van der Waals surface area contributed by atoms with Gasteiger partial charge >= 0.3 is 0 Å². The van der Waals surface area contributed by atoms with Crippen LogP contribution in [0, 0.1) is 12.7 Å². The lowest BCUT2D eigenvalue weighted by Gasteiger charge is -2.07. The van der Waals surface area contributed by atoms with E-state index in [2.05, 4.69) is 4.98 Å². The van der Waals surface area contributed by atoms with Gasteiger partial charge in [-0.05, 0) is 37.1 Å². The predicted molar refractivity (Wildman–Crippen MR) is 74.6 cm³/mol. The molecule has 104 valence electrons. The van der Waals surface area contributed by atoms with Gasteiger partial charge in [0.05, 0.1) is 12.8 Å². The zero-order valence-corrected chi connectivity index (χ0v) is 11.5. The van der Waals surface area contributed by atoms with E-state index in [0.717, 1.165) is 12.0 Å². The van der Waals surface area contributed by atoms with Crippen LogP contribution in [0.3, 0.4) is 0 Å². The van der Waals surface area contributed by atoms with Crippen molar-refractivity contribution in [2.24, 2.45) is 0 Å². The first-order valence-corrected chi connectivity index (χ1v) is 6.50. The van der Waals surface area contributed by atoms with Crippen LogP contribution in [0.25, 0.3) is 0 Å². The number of hydrogen-bond acceptors (Lipinski definition) is 3. The number of carbonyl (C=O) groups is 1.